The van der Waals surface area contributed by atoms with Crippen LogP contribution in [0, 0.1) is 19.8 Å². The van der Waals surface area contributed by atoms with E-state index in [9.17, 15) is 19.5 Å². The number of aromatic nitrogens is 1. The summed E-state index contributed by atoms with van der Waals surface area (Å²) in [4.78, 5) is 43.8. The number of amides is 2. The lowest BCUT2D eigenvalue weighted by atomic mass is 9.98. The molecule has 204 valence electrons. The van der Waals surface area contributed by atoms with Crippen molar-refractivity contribution in [3.63, 3.8) is 0 Å². The maximum atomic E-state index is 13.0. The summed E-state index contributed by atoms with van der Waals surface area (Å²) in [5.74, 6) is -0.566. The lowest BCUT2D eigenvalue weighted by Crippen LogP contribution is -2.42. The number of carboxylic acid groups (broad SMARTS) is 1. The SMILES string of the molecule is CCc1cc(Cl)cc(C)c1C(=O)NC(Cc1ccc(N2CC(CNc3cc(C)ccn3)CC2=O)cc1)C(=O)O. The Bertz CT molecular complexity index is 1380. The Balaban J connectivity index is 1.38. The number of anilines is 2. The van der Waals surface area contributed by atoms with Gasteiger partial charge in [-0.25, -0.2) is 9.78 Å². The van der Waals surface area contributed by atoms with Gasteiger partial charge in [-0.15, -0.1) is 0 Å². The van der Waals surface area contributed by atoms with E-state index in [4.69, 9.17) is 11.6 Å². The molecule has 1 aliphatic heterocycles. The Morgan fingerprint density at radius 2 is 1.90 bits per heavy atom. The van der Waals surface area contributed by atoms with Gasteiger partial charge >= 0.3 is 5.97 Å². The van der Waals surface area contributed by atoms with Crippen LogP contribution in [-0.2, 0) is 22.4 Å². The van der Waals surface area contributed by atoms with Gasteiger partial charge in [-0.2, -0.15) is 0 Å². The summed E-state index contributed by atoms with van der Waals surface area (Å²) >= 11 is 6.14. The maximum Gasteiger partial charge on any atom is 0.326 e. The summed E-state index contributed by atoms with van der Waals surface area (Å²) in [6.07, 6.45) is 2.90. The number of carbonyl (C=O) groups is 3. The lowest BCUT2D eigenvalue weighted by Gasteiger charge is -2.19. The highest BCUT2D eigenvalue weighted by Gasteiger charge is 2.30. The monoisotopic (exact) mass is 548 g/mol. The molecule has 3 N–H and O–H groups in total. The highest BCUT2D eigenvalue weighted by Crippen LogP contribution is 2.26. The third-order valence-electron chi connectivity index (χ3n) is 6.97. The third kappa shape index (κ3) is 6.95. The molecule has 8 nitrogen and oxygen atoms in total. The number of halogens is 1. The molecule has 2 aromatic carbocycles. The van der Waals surface area contributed by atoms with Crippen LogP contribution in [0.3, 0.4) is 0 Å². The van der Waals surface area contributed by atoms with E-state index in [0.29, 0.717) is 42.1 Å². The molecule has 2 atom stereocenters. The Hall–Kier alpha value is -3.91. The van der Waals surface area contributed by atoms with Crippen molar-refractivity contribution in [2.45, 2.75) is 46.1 Å². The quantitative estimate of drug-likeness (QED) is 0.335. The number of benzene rings is 2. The van der Waals surface area contributed by atoms with Gasteiger partial charge in [0.25, 0.3) is 5.91 Å². The standard InChI is InChI=1S/C30H33ClN4O4/c1-4-22-15-23(31)12-19(3)28(22)29(37)34-25(30(38)39)13-20-5-7-24(8-6-20)35-17-21(14-27(35)36)16-33-26-11-18(2)9-10-32-26/h5-12,15,21,25H,4,13-14,16-17H2,1-3H3,(H,32,33)(H,34,37)(H,38,39). The molecular formula is C30H33ClN4O4. The second-order valence-electron chi connectivity index (χ2n) is 10.0. The van der Waals surface area contributed by atoms with Crippen LogP contribution in [0.1, 0.15) is 46.0 Å². The molecule has 1 fully saturated rings. The van der Waals surface area contributed by atoms with Gasteiger partial charge in [-0.3, -0.25) is 9.59 Å². The maximum absolute atomic E-state index is 13.0. The fourth-order valence-electron chi connectivity index (χ4n) is 4.94. The molecular weight excluding hydrogens is 516 g/mol. The number of nitrogens with zero attached hydrogens (tertiary/aromatic N) is 2. The predicted molar refractivity (Wildman–Crippen MR) is 153 cm³/mol. The van der Waals surface area contributed by atoms with Crippen LogP contribution in [0.4, 0.5) is 11.5 Å². The number of nitrogens with one attached hydrogen (secondary N) is 2. The van der Waals surface area contributed by atoms with Gasteiger partial charge < -0.3 is 20.6 Å². The molecule has 1 aromatic heterocycles. The Labute approximate surface area is 233 Å². The van der Waals surface area contributed by atoms with Crippen molar-refractivity contribution in [1.29, 1.82) is 0 Å². The van der Waals surface area contributed by atoms with Crippen LogP contribution in [0.5, 0.6) is 0 Å². The minimum atomic E-state index is -1.12. The van der Waals surface area contributed by atoms with E-state index >= 15 is 0 Å². The molecule has 0 radical (unpaired) electrons. The van der Waals surface area contributed by atoms with Crippen LogP contribution in [-0.4, -0.2) is 47.0 Å². The predicted octanol–water partition coefficient (Wildman–Crippen LogP) is 4.80. The molecule has 3 aromatic rings. The molecule has 2 heterocycles. The summed E-state index contributed by atoms with van der Waals surface area (Å²) in [5.41, 5.74) is 4.55. The fraction of sp³-hybridized carbons (Fsp3) is 0.333. The molecule has 2 amide bonds. The van der Waals surface area contributed by atoms with Crippen molar-refractivity contribution in [2.24, 2.45) is 5.92 Å². The lowest BCUT2D eigenvalue weighted by molar-refractivity contribution is -0.139. The number of aliphatic carboxylic acids is 1. The van der Waals surface area contributed by atoms with Gasteiger partial charge in [0.1, 0.15) is 11.9 Å². The first-order valence-corrected chi connectivity index (χ1v) is 13.4. The van der Waals surface area contributed by atoms with Gasteiger partial charge in [0.2, 0.25) is 5.91 Å². The first-order chi connectivity index (χ1) is 18.6. The van der Waals surface area contributed by atoms with Gasteiger partial charge in [0.05, 0.1) is 0 Å². The van der Waals surface area contributed by atoms with Gasteiger partial charge in [-0.05, 0) is 78.9 Å². The van der Waals surface area contributed by atoms with Crippen LogP contribution < -0.4 is 15.5 Å². The Morgan fingerprint density at radius 3 is 2.56 bits per heavy atom. The minimum Gasteiger partial charge on any atom is -0.480 e. The molecule has 0 aliphatic carbocycles. The topological polar surface area (TPSA) is 112 Å². The zero-order valence-corrected chi connectivity index (χ0v) is 23.1. The minimum absolute atomic E-state index is 0.0486. The van der Waals surface area contributed by atoms with Crippen LogP contribution in [0.15, 0.2) is 54.7 Å². The Kier molecular flexibility index (Phi) is 8.86. The summed E-state index contributed by atoms with van der Waals surface area (Å²) < 4.78 is 0. The molecule has 0 bridgehead atoms. The first kappa shape index (κ1) is 28.1. The normalized spacial score (nSPS) is 15.7. The van der Waals surface area contributed by atoms with E-state index in [1.54, 1.807) is 42.3 Å². The molecule has 2 unspecified atom stereocenters. The fourth-order valence-corrected chi connectivity index (χ4v) is 5.24. The molecule has 39 heavy (non-hydrogen) atoms. The second kappa shape index (κ2) is 12.3. The number of hydrogen-bond acceptors (Lipinski definition) is 5. The molecule has 1 aliphatic rings. The first-order valence-electron chi connectivity index (χ1n) is 13.0. The van der Waals surface area contributed by atoms with Crippen molar-refractivity contribution in [1.82, 2.24) is 10.3 Å². The summed E-state index contributed by atoms with van der Waals surface area (Å²) in [6.45, 7) is 6.94. The summed E-state index contributed by atoms with van der Waals surface area (Å²) in [6, 6.07) is 13.5. The van der Waals surface area contributed by atoms with Crippen molar-refractivity contribution in [2.75, 3.05) is 23.3 Å². The number of hydrogen-bond donors (Lipinski definition) is 3. The van der Waals surface area contributed by atoms with E-state index in [2.05, 4.69) is 15.6 Å². The number of rotatable bonds is 10. The van der Waals surface area contributed by atoms with E-state index in [1.807, 2.05) is 38.1 Å². The number of pyridine rings is 1. The summed E-state index contributed by atoms with van der Waals surface area (Å²) in [5, 5.41) is 16.3. The van der Waals surface area contributed by atoms with Crippen LogP contribution in [0.2, 0.25) is 5.02 Å². The van der Waals surface area contributed by atoms with Gasteiger partial charge in [0.15, 0.2) is 0 Å². The van der Waals surface area contributed by atoms with E-state index in [-0.39, 0.29) is 18.2 Å². The zero-order valence-electron chi connectivity index (χ0n) is 22.3. The number of carboxylic acids is 1. The average Bonchev–Trinajstić information content (AvgIpc) is 3.27. The number of aryl methyl sites for hydroxylation is 3. The third-order valence-corrected chi connectivity index (χ3v) is 7.19. The second-order valence-corrected chi connectivity index (χ2v) is 10.5. The molecule has 4 rings (SSSR count). The van der Waals surface area contributed by atoms with E-state index in [1.165, 1.54) is 0 Å². The van der Waals surface area contributed by atoms with Crippen LogP contribution >= 0.6 is 11.6 Å². The van der Waals surface area contributed by atoms with Crippen molar-refractivity contribution in [3.05, 3.63) is 87.6 Å². The Morgan fingerprint density at radius 1 is 1.15 bits per heavy atom. The zero-order chi connectivity index (χ0) is 28.1. The molecule has 0 saturated carbocycles. The van der Waals surface area contributed by atoms with E-state index in [0.717, 1.165) is 28.2 Å². The van der Waals surface area contributed by atoms with Crippen LogP contribution in [0.25, 0.3) is 0 Å². The largest absolute Gasteiger partial charge is 0.480 e. The number of carbonyl (C=O) groups excluding carboxylic acids is 2. The molecule has 0 spiro atoms. The van der Waals surface area contributed by atoms with Crippen molar-refractivity contribution in [3.8, 4) is 0 Å². The smallest absolute Gasteiger partial charge is 0.326 e. The highest BCUT2D eigenvalue weighted by atomic mass is 35.5. The van der Waals surface area contributed by atoms with Crippen molar-refractivity contribution < 1.29 is 19.5 Å². The van der Waals surface area contributed by atoms with Gasteiger partial charge in [-0.1, -0.05) is 30.7 Å². The van der Waals surface area contributed by atoms with Gasteiger partial charge in [0, 0.05) is 54.3 Å². The molecule has 9 heteroatoms. The highest BCUT2D eigenvalue weighted by molar-refractivity contribution is 6.30. The average molecular weight is 549 g/mol. The van der Waals surface area contributed by atoms with E-state index < -0.39 is 17.9 Å². The molecule has 1 saturated heterocycles. The van der Waals surface area contributed by atoms with Crippen molar-refractivity contribution >= 4 is 40.9 Å². The summed E-state index contributed by atoms with van der Waals surface area (Å²) in [7, 11) is 0.